The molecule has 0 spiro atoms. The number of hydrogen-bond donors (Lipinski definition) is 2. The highest BCUT2D eigenvalue weighted by atomic mass is 127. The average molecular weight is 496 g/mol. The monoisotopic (exact) mass is 496 g/mol. The number of benzene rings is 2. The van der Waals surface area contributed by atoms with Gasteiger partial charge in [-0.3, -0.25) is 4.99 Å². The molecule has 2 aromatic rings. The second-order valence-electron chi connectivity index (χ2n) is 6.61. The van der Waals surface area contributed by atoms with Crippen molar-refractivity contribution in [3.63, 3.8) is 0 Å². The van der Waals surface area contributed by atoms with E-state index in [1.54, 1.807) is 13.2 Å². The predicted molar refractivity (Wildman–Crippen MR) is 125 cm³/mol. The lowest BCUT2D eigenvalue weighted by Gasteiger charge is -2.37. The fraction of sp³-hybridized carbons (Fsp3) is 0.381. The molecule has 6 nitrogen and oxygen atoms in total. The van der Waals surface area contributed by atoms with Crippen LogP contribution in [-0.4, -0.2) is 56.3 Å². The summed E-state index contributed by atoms with van der Waals surface area (Å²) in [6.45, 7) is 4.80. The molecule has 0 atom stereocenters. The topological polar surface area (TPSA) is 60.3 Å². The van der Waals surface area contributed by atoms with Gasteiger partial charge in [-0.2, -0.15) is 0 Å². The SMILES string of the molecule is CN=C(NCc1ccc(COC)cc1)N1CCN(c2ccccc2O)CC1.I. The third kappa shape index (κ3) is 5.75. The van der Waals surface area contributed by atoms with Crippen LogP contribution in [-0.2, 0) is 17.9 Å². The Morgan fingerprint density at radius 2 is 1.68 bits per heavy atom. The molecule has 0 radical (unpaired) electrons. The van der Waals surface area contributed by atoms with Gasteiger partial charge in [-0.15, -0.1) is 24.0 Å². The standard InChI is InChI=1S/C21H28N4O2.HI/c1-22-21(23-15-17-7-9-18(10-8-17)16-27-2)25-13-11-24(12-14-25)19-5-3-4-6-20(19)26;/h3-10,26H,11-16H2,1-2H3,(H,22,23);1H. The Morgan fingerprint density at radius 1 is 1.04 bits per heavy atom. The summed E-state index contributed by atoms with van der Waals surface area (Å²) in [5.41, 5.74) is 3.28. The van der Waals surface area contributed by atoms with Gasteiger partial charge >= 0.3 is 0 Å². The molecule has 0 aliphatic carbocycles. The van der Waals surface area contributed by atoms with Crippen LogP contribution >= 0.6 is 24.0 Å². The third-order valence-electron chi connectivity index (χ3n) is 4.80. The summed E-state index contributed by atoms with van der Waals surface area (Å²) < 4.78 is 5.15. The molecule has 1 saturated heterocycles. The largest absolute Gasteiger partial charge is 0.506 e. The fourth-order valence-electron chi connectivity index (χ4n) is 3.32. The van der Waals surface area contributed by atoms with E-state index in [9.17, 15) is 5.11 Å². The van der Waals surface area contributed by atoms with Gasteiger partial charge < -0.3 is 25.0 Å². The summed E-state index contributed by atoms with van der Waals surface area (Å²) in [6.07, 6.45) is 0. The van der Waals surface area contributed by atoms with E-state index in [2.05, 4.69) is 44.4 Å². The highest BCUT2D eigenvalue weighted by Crippen LogP contribution is 2.27. The first-order chi connectivity index (χ1) is 13.2. The van der Waals surface area contributed by atoms with Gasteiger partial charge in [0.1, 0.15) is 5.75 Å². The van der Waals surface area contributed by atoms with Gasteiger partial charge in [0.15, 0.2) is 5.96 Å². The van der Waals surface area contributed by atoms with Crippen LogP contribution < -0.4 is 10.2 Å². The molecule has 1 aliphatic heterocycles. The number of rotatable bonds is 5. The lowest BCUT2D eigenvalue weighted by Crippen LogP contribution is -2.52. The molecule has 1 heterocycles. The summed E-state index contributed by atoms with van der Waals surface area (Å²) in [5, 5.41) is 13.5. The van der Waals surface area contributed by atoms with Crippen molar-refractivity contribution in [1.29, 1.82) is 0 Å². The van der Waals surface area contributed by atoms with Crippen molar-refractivity contribution < 1.29 is 9.84 Å². The van der Waals surface area contributed by atoms with E-state index in [1.807, 2.05) is 25.2 Å². The number of nitrogens with zero attached hydrogens (tertiary/aromatic N) is 3. The zero-order chi connectivity index (χ0) is 19.1. The molecule has 28 heavy (non-hydrogen) atoms. The number of guanidine groups is 1. The Balaban J connectivity index is 0.00000280. The fourth-order valence-corrected chi connectivity index (χ4v) is 3.32. The molecular formula is C21H29IN4O2. The zero-order valence-electron chi connectivity index (χ0n) is 16.5. The van der Waals surface area contributed by atoms with Gasteiger partial charge in [0.05, 0.1) is 12.3 Å². The molecule has 2 N–H and O–H groups in total. The van der Waals surface area contributed by atoms with E-state index in [4.69, 9.17) is 4.74 Å². The number of hydrogen-bond acceptors (Lipinski definition) is 4. The average Bonchev–Trinajstić information content (AvgIpc) is 2.71. The number of phenols is 1. The number of aromatic hydroxyl groups is 1. The molecule has 7 heteroatoms. The maximum absolute atomic E-state index is 10.0. The minimum atomic E-state index is 0. The zero-order valence-corrected chi connectivity index (χ0v) is 18.8. The highest BCUT2D eigenvalue weighted by molar-refractivity contribution is 14.0. The predicted octanol–water partition coefficient (Wildman–Crippen LogP) is 3.05. The van der Waals surface area contributed by atoms with Crippen molar-refractivity contribution in [3.05, 3.63) is 59.7 Å². The van der Waals surface area contributed by atoms with Crippen LogP contribution in [0.25, 0.3) is 0 Å². The van der Waals surface area contributed by atoms with Crippen molar-refractivity contribution in [2.45, 2.75) is 13.2 Å². The first-order valence-electron chi connectivity index (χ1n) is 9.26. The van der Waals surface area contributed by atoms with E-state index >= 15 is 0 Å². The van der Waals surface area contributed by atoms with Gasteiger partial charge in [0.25, 0.3) is 0 Å². The van der Waals surface area contributed by atoms with E-state index in [-0.39, 0.29) is 24.0 Å². The summed E-state index contributed by atoms with van der Waals surface area (Å²) in [6, 6.07) is 15.9. The molecule has 152 valence electrons. The molecule has 0 amide bonds. The Kier molecular flexibility index (Phi) is 8.85. The number of methoxy groups -OCH3 is 1. The number of ether oxygens (including phenoxy) is 1. The summed E-state index contributed by atoms with van der Waals surface area (Å²) in [5.74, 6) is 1.25. The van der Waals surface area contributed by atoms with E-state index in [1.165, 1.54) is 11.1 Å². The van der Waals surface area contributed by atoms with Crippen molar-refractivity contribution in [2.24, 2.45) is 4.99 Å². The minimum absolute atomic E-state index is 0. The number of aliphatic imine (C=N–C) groups is 1. The van der Waals surface area contributed by atoms with Gasteiger partial charge in [-0.05, 0) is 23.3 Å². The normalized spacial score (nSPS) is 14.6. The van der Waals surface area contributed by atoms with Gasteiger partial charge in [0.2, 0.25) is 0 Å². The lowest BCUT2D eigenvalue weighted by molar-refractivity contribution is 0.185. The van der Waals surface area contributed by atoms with Gasteiger partial charge in [-0.1, -0.05) is 36.4 Å². The van der Waals surface area contributed by atoms with Crippen molar-refractivity contribution in [1.82, 2.24) is 10.2 Å². The van der Waals surface area contributed by atoms with Crippen LogP contribution in [0, 0.1) is 0 Å². The van der Waals surface area contributed by atoms with E-state index < -0.39 is 0 Å². The van der Waals surface area contributed by atoms with Crippen LogP contribution in [0.5, 0.6) is 5.75 Å². The van der Waals surface area contributed by atoms with E-state index in [0.717, 1.165) is 44.4 Å². The summed E-state index contributed by atoms with van der Waals surface area (Å²) in [4.78, 5) is 8.91. The molecule has 3 rings (SSSR count). The Bertz CT molecular complexity index is 759. The number of anilines is 1. The van der Waals surface area contributed by atoms with E-state index in [0.29, 0.717) is 12.4 Å². The first kappa shape index (κ1) is 22.3. The quantitative estimate of drug-likeness (QED) is 0.379. The molecule has 0 unspecified atom stereocenters. The van der Waals surface area contributed by atoms with Crippen molar-refractivity contribution in [2.75, 3.05) is 45.2 Å². The van der Waals surface area contributed by atoms with Crippen molar-refractivity contribution >= 4 is 35.6 Å². The number of phenolic OH excluding ortho intramolecular Hbond substituents is 1. The van der Waals surface area contributed by atoms with Crippen LogP contribution in [0.2, 0.25) is 0 Å². The second kappa shape index (κ2) is 11.1. The molecular weight excluding hydrogens is 467 g/mol. The van der Waals surface area contributed by atoms with Crippen LogP contribution in [0.3, 0.4) is 0 Å². The number of para-hydroxylation sites is 2. The maximum atomic E-state index is 10.0. The Hall–Kier alpha value is -2.00. The molecule has 1 fully saturated rings. The molecule has 0 aromatic heterocycles. The van der Waals surface area contributed by atoms with Gasteiger partial charge in [0, 0.05) is 46.9 Å². The number of piperazine rings is 1. The minimum Gasteiger partial charge on any atom is -0.506 e. The highest BCUT2D eigenvalue weighted by Gasteiger charge is 2.21. The Labute approximate surface area is 184 Å². The van der Waals surface area contributed by atoms with Gasteiger partial charge in [-0.25, -0.2) is 0 Å². The summed E-state index contributed by atoms with van der Waals surface area (Å²) >= 11 is 0. The maximum Gasteiger partial charge on any atom is 0.194 e. The Morgan fingerprint density at radius 3 is 2.29 bits per heavy atom. The second-order valence-corrected chi connectivity index (χ2v) is 6.61. The summed E-state index contributed by atoms with van der Waals surface area (Å²) in [7, 11) is 3.53. The third-order valence-corrected chi connectivity index (χ3v) is 4.80. The van der Waals surface area contributed by atoms with Crippen LogP contribution in [0.15, 0.2) is 53.5 Å². The first-order valence-corrected chi connectivity index (χ1v) is 9.26. The number of halogens is 1. The lowest BCUT2D eigenvalue weighted by atomic mass is 10.1. The molecule has 2 aromatic carbocycles. The molecule has 1 aliphatic rings. The smallest absolute Gasteiger partial charge is 0.194 e. The number of nitrogens with one attached hydrogen (secondary N) is 1. The molecule has 0 bridgehead atoms. The van der Waals surface area contributed by atoms with Crippen LogP contribution in [0.4, 0.5) is 5.69 Å². The van der Waals surface area contributed by atoms with Crippen LogP contribution in [0.1, 0.15) is 11.1 Å². The molecule has 0 saturated carbocycles. The van der Waals surface area contributed by atoms with Crippen molar-refractivity contribution in [3.8, 4) is 5.75 Å².